The zero-order chi connectivity index (χ0) is 29.3. The number of hydrogen-bond acceptors (Lipinski definition) is 2. The van der Waals surface area contributed by atoms with Gasteiger partial charge in [-0.05, 0) is 179 Å². The number of aryl methyl sites for hydroxylation is 2. The molecule has 42 heavy (non-hydrogen) atoms. The number of rotatable bonds is 12. The number of halogens is 2. The summed E-state index contributed by atoms with van der Waals surface area (Å²) in [7, 11) is 0. The van der Waals surface area contributed by atoms with Crippen molar-refractivity contribution in [2.24, 2.45) is 0 Å². The molecule has 5 aromatic carbocycles. The molecule has 0 aliphatic carbocycles. The molecule has 0 N–H and O–H groups in total. The lowest BCUT2D eigenvalue weighted by molar-refractivity contribution is 0.795. The normalized spacial score (nSPS) is 11.0. The van der Waals surface area contributed by atoms with Crippen molar-refractivity contribution in [2.45, 2.75) is 52.4 Å². The Bertz CT molecular complexity index is 1410. The quantitative estimate of drug-likeness (QED) is 0.116. The van der Waals surface area contributed by atoms with Gasteiger partial charge in [-0.3, -0.25) is 0 Å². The second-order valence-electron chi connectivity index (χ2n) is 10.7. The molecule has 0 atom stereocenters. The van der Waals surface area contributed by atoms with E-state index in [2.05, 4.69) is 190 Å². The monoisotopic (exact) mass is 776 g/mol. The number of anilines is 6. The number of unbranched alkanes of at least 4 members (excludes halogenated alkanes) is 2. The third kappa shape index (κ3) is 7.75. The van der Waals surface area contributed by atoms with Gasteiger partial charge in [-0.1, -0.05) is 51.0 Å². The molecule has 0 bridgehead atoms. The molecule has 0 aliphatic rings. The van der Waals surface area contributed by atoms with E-state index in [1.807, 2.05) is 0 Å². The van der Waals surface area contributed by atoms with E-state index in [1.165, 1.54) is 55.3 Å². The average Bonchev–Trinajstić information content (AvgIpc) is 3.03. The predicted molar refractivity (Wildman–Crippen MR) is 198 cm³/mol. The minimum Gasteiger partial charge on any atom is -0.311 e. The van der Waals surface area contributed by atoms with Gasteiger partial charge in [-0.15, -0.1) is 0 Å². The Labute approximate surface area is 279 Å². The molecule has 5 aromatic rings. The average molecular weight is 777 g/mol. The van der Waals surface area contributed by atoms with Crippen LogP contribution in [0.3, 0.4) is 0 Å². The van der Waals surface area contributed by atoms with Gasteiger partial charge >= 0.3 is 0 Å². The Morgan fingerprint density at radius 2 is 0.619 bits per heavy atom. The Kier molecular flexibility index (Phi) is 11.0. The maximum Gasteiger partial charge on any atom is 0.0463 e. The highest BCUT2D eigenvalue weighted by Crippen LogP contribution is 2.39. The maximum absolute atomic E-state index is 2.37. The molecule has 0 spiro atoms. The molecule has 0 radical (unpaired) electrons. The summed E-state index contributed by atoms with van der Waals surface area (Å²) in [6, 6.07) is 44.7. The van der Waals surface area contributed by atoms with Crippen LogP contribution in [0, 0.1) is 7.14 Å². The molecule has 0 unspecified atom stereocenters. The van der Waals surface area contributed by atoms with Gasteiger partial charge in [0.05, 0.1) is 0 Å². The molecule has 4 heteroatoms. The Morgan fingerprint density at radius 3 is 0.881 bits per heavy atom. The van der Waals surface area contributed by atoms with Gasteiger partial charge in [0.1, 0.15) is 0 Å². The molecule has 0 aromatic heterocycles. The van der Waals surface area contributed by atoms with Crippen LogP contribution >= 0.6 is 45.2 Å². The van der Waals surface area contributed by atoms with Crippen LogP contribution in [0.15, 0.2) is 121 Å². The third-order valence-corrected chi connectivity index (χ3v) is 9.00. The molecular weight excluding hydrogens is 738 g/mol. The van der Waals surface area contributed by atoms with E-state index in [9.17, 15) is 0 Å². The van der Waals surface area contributed by atoms with Gasteiger partial charge in [-0.25, -0.2) is 0 Å². The molecule has 2 nitrogen and oxygen atoms in total. The second-order valence-corrected chi connectivity index (χ2v) is 13.2. The highest BCUT2D eigenvalue weighted by molar-refractivity contribution is 14.1. The molecule has 0 saturated carbocycles. The number of hydrogen-bond donors (Lipinski definition) is 0. The fourth-order valence-electron chi connectivity index (χ4n) is 5.21. The van der Waals surface area contributed by atoms with E-state index in [-0.39, 0.29) is 0 Å². The maximum atomic E-state index is 2.37. The largest absolute Gasteiger partial charge is 0.311 e. The van der Waals surface area contributed by atoms with Crippen molar-refractivity contribution in [3.63, 3.8) is 0 Å². The van der Waals surface area contributed by atoms with Crippen LogP contribution in [0.4, 0.5) is 34.1 Å². The van der Waals surface area contributed by atoms with Crippen molar-refractivity contribution in [2.75, 3.05) is 9.80 Å². The minimum atomic E-state index is 1.13. The van der Waals surface area contributed by atoms with E-state index >= 15 is 0 Å². The van der Waals surface area contributed by atoms with Crippen LogP contribution in [-0.4, -0.2) is 0 Å². The topological polar surface area (TPSA) is 6.48 Å². The molecule has 0 amide bonds. The van der Waals surface area contributed by atoms with Gasteiger partial charge in [-0.2, -0.15) is 0 Å². The van der Waals surface area contributed by atoms with Gasteiger partial charge in [0.2, 0.25) is 0 Å². The SMILES string of the molecule is CCCCc1ccc(N(c2ccc(I)cc2)c2ccc(N(c3ccc(I)cc3)c3ccc(CCCC)cc3)cc2)cc1. The zero-order valence-electron chi connectivity index (χ0n) is 24.4. The van der Waals surface area contributed by atoms with Gasteiger partial charge < -0.3 is 9.80 Å². The van der Waals surface area contributed by atoms with Gasteiger partial charge in [0.25, 0.3) is 0 Å². The summed E-state index contributed by atoms with van der Waals surface area (Å²) in [6.45, 7) is 4.50. The van der Waals surface area contributed by atoms with E-state index < -0.39 is 0 Å². The first-order valence-corrected chi connectivity index (χ1v) is 17.1. The van der Waals surface area contributed by atoms with Crippen molar-refractivity contribution in [3.05, 3.63) is 140 Å². The predicted octanol–water partition coefficient (Wildman–Crippen LogP) is 12.5. The van der Waals surface area contributed by atoms with Crippen molar-refractivity contribution in [3.8, 4) is 0 Å². The Hall–Kier alpha value is -2.84. The molecule has 214 valence electrons. The summed E-state index contributed by atoms with van der Waals surface area (Å²) in [4.78, 5) is 4.70. The zero-order valence-corrected chi connectivity index (χ0v) is 28.8. The lowest BCUT2D eigenvalue weighted by Gasteiger charge is -2.28. The fraction of sp³-hybridized carbons (Fsp3) is 0.211. The summed E-state index contributed by atoms with van der Waals surface area (Å²) in [6.07, 6.45) is 7.13. The number of benzene rings is 5. The molecule has 5 rings (SSSR count). The van der Waals surface area contributed by atoms with Crippen LogP contribution in [-0.2, 0) is 12.8 Å². The van der Waals surface area contributed by atoms with Crippen molar-refractivity contribution < 1.29 is 0 Å². The first-order chi connectivity index (χ1) is 20.6. The van der Waals surface area contributed by atoms with E-state index in [0.717, 1.165) is 35.6 Å². The van der Waals surface area contributed by atoms with Gasteiger partial charge in [0.15, 0.2) is 0 Å². The lowest BCUT2D eigenvalue weighted by Crippen LogP contribution is -2.12. The molecular formula is C38H38I2N2. The Morgan fingerprint density at radius 1 is 0.381 bits per heavy atom. The van der Waals surface area contributed by atoms with E-state index in [1.54, 1.807) is 0 Å². The molecule has 0 fully saturated rings. The molecule has 0 aliphatic heterocycles. The highest BCUT2D eigenvalue weighted by atomic mass is 127. The van der Waals surface area contributed by atoms with Crippen molar-refractivity contribution >= 4 is 79.3 Å². The highest BCUT2D eigenvalue weighted by Gasteiger charge is 2.16. The van der Waals surface area contributed by atoms with E-state index in [0.29, 0.717) is 0 Å². The summed E-state index contributed by atoms with van der Waals surface area (Å²) in [5.41, 5.74) is 9.71. The Balaban J connectivity index is 1.51. The van der Waals surface area contributed by atoms with Crippen LogP contribution in [0.2, 0.25) is 0 Å². The standard InChI is InChI=1S/C38H38I2N2/c1-3-5-7-29-9-17-33(18-10-29)41(35-21-13-31(39)14-22-35)37-25-27-38(28-26-37)42(36-23-15-32(40)16-24-36)34-19-11-30(12-20-34)8-6-4-2/h9-28H,3-8H2,1-2H3. The van der Waals surface area contributed by atoms with Gasteiger partial charge in [0, 0.05) is 41.3 Å². The summed E-state index contributed by atoms with van der Waals surface area (Å²) < 4.78 is 2.46. The van der Waals surface area contributed by atoms with Crippen LogP contribution < -0.4 is 9.80 Å². The fourth-order valence-corrected chi connectivity index (χ4v) is 5.93. The smallest absolute Gasteiger partial charge is 0.0463 e. The molecule has 0 heterocycles. The molecule has 0 saturated heterocycles. The van der Waals surface area contributed by atoms with E-state index in [4.69, 9.17) is 0 Å². The third-order valence-electron chi connectivity index (χ3n) is 7.56. The summed E-state index contributed by atoms with van der Waals surface area (Å²) in [5, 5.41) is 0. The summed E-state index contributed by atoms with van der Waals surface area (Å²) >= 11 is 4.75. The number of nitrogens with zero attached hydrogens (tertiary/aromatic N) is 2. The second kappa shape index (κ2) is 15.1. The van der Waals surface area contributed by atoms with Crippen LogP contribution in [0.25, 0.3) is 0 Å². The first kappa shape index (κ1) is 30.6. The van der Waals surface area contributed by atoms with Crippen LogP contribution in [0.5, 0.6) is 0 Å². The van der Waals surface area contributed by atoms with Crippen molar-refractivity contribution in [1.29, 1.82) is 0 Å². The van der Waals surface area contributed by atoms with Crippen molar-refractivity contribution in [1.82, 2.24) is 0 Å². The summed E-state index contributed by atoms with van der Waals surface area (Å²) in [5.74, 6) is 0. The minimum absolute atomic E-state index is 1.13. The lowest BCUT2D eigenvalue weighted by atomic mass is 10.1. The first-order valence-electron chi connectivity index (χ1n) is 14.9. The van der Waals surface area contributed by atoms with Crippen LogP contribution in [0.1, 0.15) is 50.7 Å².